The molecule has 4 rings (SSSR count). The minimum absolute atomic E-state index is 0.108. The third-order valence-corrected chi connectivity index (χ3v) is 6.56. The van der Waals surface area contributed by atoms with Crippen LogP contribution < -0.4 is 9.47 Å². The Kier molecular flexibility index (Phi) is 8.02. The van der Waals surface area contributed by atoms with Crippen molar-refractivity contribution in [3.05, 3.63) is 59.7 Å². The molecule has 0 spiro atoms. The number of hydrazone groups is 1. The van der Waals surface area contributed by atoms with Gasteiger partial charge in [0, 0.05) is 24.6 Å². The van der Waals surface area contributed by atoms with Gasteiger partial charge in [0.05, 0.1) is 45.0 Å². The van der Waals surface area contributed by atoms with Crippen molar-refractivity contribution in [2.75, 3.05) is 40.5 Å². The fraction of sp³-hybridized carbons (Fsp3) is 0.444. The van der Waals surface area contributed by atoms with E-state index in [9.17, 15) is 9.59 Å². The number of nitrogens with zero attached hydrogens (tertiary/aromatic N) is 3. The molecule has 0 unspecified atom stereocenters. The zero-order valence-corrected chi connectivity index (χ0v) is 20.6. The lowest BCUT2D eigenvalue weighted by atomic mass is 9.97. The number of ether oxygens (including phenoxy) is 3. The Labute approximate surface area is 206 Å². The van der Waals surface area contributed by atoms with Crippen LogP contribution in [0.15, 0.2) is 53.6 Å². The van der Waals surface area contributed by atoms with Crippen LogP contribution >= 0.6 is 0 Å². The molecule has 0 saturated carbocycles. The summed E-state index contributed by atoms with van der Waals surface area (Å²) < 4.78 is 16.2. The van der Waals surface area contributed by atoms with Crippen molar-refractivity contribution in [3.63, 3.8) is 0 Å². The van der Waals surface area contributed by atoms with E-state index in [1.165, 1.54) is 0 Å². The lowest BCUT2D eigenvalue weighted by Gasteiger charge is -2.32. The number of carbonyl (C=O) groups is 2. The zero-order valence-electron chi connectivity index (χ0n) is 20.6. The summed E-state index contributed by atoms with van der Waals surface area (Å²) >= 11 is 0. The number of amides is 1. The lowest BCUT2D eigenvalue weighted by molar-refractivity contribution is -0.150. The molecule has 2 atom stereocenters. The van der Waals surface area contributed by atoms with Gasteiger partial charge in [-0.15, -0.1) is 0 Å². The highest BCUT2D eigenvalue weighted by atomic mass is 16.5. The molecule has 2 aliphatic heterocycles. The third-order valence-electron chi connectivity index (χ3n) is 6.56. The second kappa shape index (κ2) is 11.4. The molecule has 2 aromatic carbocycles. The van der Waals surface area contributed by atoms with Gasteiger partial charge in [0.2, 0.25) is 0 Å². The Morgan fingerprint density at radius 2 is 1.89 bits per heavy atom. The molecular formula is C27H33N3O5. The Bertz CT molecular complexity index is 1070. The second-order valence-corrected chi connectivity index (χ2v) is 8.81. The number of benzene rings is 2. The van der Waals surface area contributed by atoms with Gasteiger partial charge in [-0.3, -0.25) is 14.5 Å². The number of methoxy groups -OCH3 is 2. The van der Waals surface area contributed by atoms with Gasteiger partial charge >= 0.3 is 5.97 Å². The van der Waals surface area contributed by atoms with E-state index in [2.05, 4.69) is 0 Å². The average molecular weight is 480 g/mol. The fourth-order valence-electron chi connectivity index (χ4n) is 4.80. The predicted octanol–water partition coefficient (Wildman–Crippen LogP) is 3.66. The van der Waals surface area contributed by atoms with Gasteiger partial charge in [0.15, 0.2) is 0 Å². The highest BCUT2D eigenvalue weighted by molar-refractivity contribution is 6.03. The highest BCUT2D eigenvalue weighted by Crippen LogP contribution is 2.39. The van der Waals surface area contributed by atoms with Gasteiger partial charge < -0.3 is 14.2 Å². The molecule has 0 aromatic heterocycles. The quantitative estimate of drug-likeness (QED) is 0.538. The van der Waals surface area contributed by atoms with E-state index in [-0.39, 0.29) is 30.4 Å². The normalized spacial score (nSPS) is 20.3. The topological polar surface area (TPSA) is 80.7 Å². The maximum absolute atomic E-state index is 13.6. The van der Waals surface area contributed by atoms with Gasteiger partial charge in [-0.05, 0) is 44.0 Å². The van der Waals surface area contributed by atoms with Crippen LogP contribution in [0.3, 0.4) is 0 Å². The summed E-state index contributed by atoms with van der Waals surface area (Å²) in [6.07, 6.45) is 2.21. The standard InChI is InChI=1S/C27H33N3O5/c1-4-35-27(32)20-11-8-14-29(17-20)18-26(31)30-24(16-23(28-30)19-9-6-5-7-10-19)22-13-12-21(33-2)15-25(22)34-3/h5-7,9-10,12-13,15,20,24H,4,8,11,14,16-18H2,1-3H3/t20-,24-/m1/s1. The molecule has 2 aliphatic rings. The Morgan fingerprint density at radius 1 is 1.09 bits per heavy atom. The summed E-state index contributed by atoms with van der Waals surface area (Å²) in [5.41, 5.74) is 2.71. The van der Waals surface area contributed by atoms with Crippen LogP contribution in [0, 0.1) is 5.92 Å². The molecule has 0 N–H and O–H groups in total. The number of esters is 1. The number of hydrogen-bond acceptors (Lipinski definition) is 7. The Hall–Kier alpha value is -3.39. The fourth-order valence-corrected chi connectivity index (χ4v) is 4.80. The molecule has 0 radical (unpaired) electrons. The Morgan fingerprint density at radius 3 is 2.60 bits per heavy atom. The molecule has 1 fully saturated rings. The molecular weight excluding hydrogens is 446 g/mol. The smallest absolute Gasteiger partial charge is 0.310 e. The van der Waals surface area contributed by atoms with Crippen molar-refractivity contribution < 1.29 is 23.8 Å². The molecule has 8 heteroatoms. The third kappa shape index (κ3) is 5.65. The minimum atomic E-state index is -0.302. The second-order valence-electron chi connectivity index (χ2n) is 8.81. The first kappa shape index (κ1) is 24.7. The molecule has 186 valence electrons. The van der Waals surface area contributed by atoms with E-state index in [0.29, 0.717) is 31.1 Å². The van der Waals surface area contributed by atoms with Crippen molar-refractivity contribution in [1.82, 2.24) is 9.91 Å². The number of piperidine rings is 1. The molecule has 8 nitrogen and oxygen atoms in total. The van der Waals surface area contributed by atoms with Gasteiger partial charge in [-0.2, -0.15) is 5.10 Å². The van der Waals surface area contributed by atoms with Crippen LogP contribution in [-0.2, 0) is 14.3 Å². The average Bonchev–Trinajstić information content (AvgIpc) is 3.34. The molecule has 35 heavy (non-hydrogen) atoms. The molecule has 1 amide bonds. The summed E-state index contributed by atoms with van der Waals surface area (Å²) in [6, 6.07) is 15.2. The van der Waals surface area contributed by atoms with Crippen LogP contribution in [0.5, 0.6) is 11.5 Å². The van der Waals surface area contributed by atoms with E-state index in [4.69, 9.17) is 19.3 Å². The molecule has 0 aliphatic carbocycles. The SMILES string of the molecule is CCOC(=O)[C@@H]1CCCN(CC(=O)N2N=C(c3ccccc3)C[C@@H]2c2ccc(OC)cc2OC)C1. The Balaban J connectivity index is 1.58. The molecule has 2 aromatic rings. The van der Waals surface area contributed by atoms with Gasteiger partial charge in [0.1, 0.15) is 11.5 Å². The summed E-state index contributed by atoms with van der Waals surface area (Å²) in [4.78, 5) is 27.9. The van der Waals surface area contributed by atoms with Crippen LogP contribution in [0.1, 0.15) is 43.4 Å². The largest absolute Gasteiger partial charge is 0.497 e. The highest BCUT2D eigenvalue weighted by Gasteiger charge is 2.36. The lowest BCUT2D eigenvalue weighted by Crippen LogP contribution is -2.44. The molecule has 2 heterocycles. The number of likely N-dealkylation sites (tertiary alicyclic amines) is 1. The van der Waals surface area contributed by atoms with Gasteiger partial charge in [0.25, 0.3) is 5.91 Å². The zero-order chi connectivity index (χ0) is 24.8. The molecule has 1 saturated heterocycles. The number of carbonyl (C=O) groups excluding carboxylic acids is 2. The van der Waals surface area contributed by atoms with E-state index >= 15 is 0 Å². The monoisotopic (exact) mass is 479 g/mol. The van der Waals surface area contributed by atoms with Crippen LogP contribution in [0.4, 0.5) is 0 Å². The summed E-state index contributed by atoms with van der Waals surface area (Å²) in [6.45, 7) is 3.65. The van der Waals surface area contributed by atoms with E-state index in [1.54, 1.807) is 19.2 Å². The van der Waals surface area contributed by atoms with Crippen LogP contribution in [-0.4, -0.2) is 68.0 Å². The first-order valence-electron chi connectivity index (χ1n) is 12.1. The maximum Gasteiger partial charge on any atom is 0.310 e. The van der Waals surface area contributed by atoms with Crippen molar-refractivity contribution in [2.45, 2.75) is 32.2 Å². The van der Waals surface area contributed by atoms with E-state index in [1.807, 2.05) is 60.4 Å². The molecule has 0 bridgehead atoms. The first-order valence-corrected chi connectivity index (χ1v) is 12.1. The summed E-state index contributed by atoms with van der Waals surface area (Å²) in [5, 5.41) is 6.36. The van der Waals surface area contributed by atoms with Gasteiger partial charge in [-0.1, -0.05) is 30.3 Å². The van der Waals surface area contributed by atoms with Crippen molar-refractivity contribution in [2.24, 2.45) is 11.0 Å². The van der Waals surface area contributed by atoms with Crippen molar-refractivity contribution in [1.29, 1.82) is 0 Å². The van der Waals surface area contributed by atoms with Crippen LogP contribution in [0.2, 0.25) is 0 Å². The van der Waals surface area contributed by atoms with Crippen molar-refractivity contribution >= 4 is 17.6 Å². The number of rotatable bonds is 8. The van der Waals surface area contributed by atoms with Gasteiger partial charge in [-0.25, -0.2) is 5.01 Å². The van der Waals surface area contributed by atoms with Crippen molar-refractivity contribution in [3.8, 4) is 11.5 Å². The van der Waals surface area contributed by atoms with E-state index in [0.717, 1.165) is 36.2 Å². The predicted molar refractivity (Wildman–Crippen MR) is 133 cm³/mol. The minimum Gasteiger partial charge on any atom is -0.497 e. The van der Waals surface area contributed by atoms with Crippen LogP contribution in [0.25, 0.3) is 0 Å². The number of hydrogen-bond donors (Lipinski definition) is 0. The maximum atomic E-state index is 13.6. The first-order chi connectivity index (χ1) is 17.0. The summed E-state index contributed by atoms with van der Waals surface area (Å²) in [7, 11) is 3.22. The van der Waals surface area contributed by atoms with E-state index < -0.39 is 0 Å². The summed E-state index contributed by atoms with van der Waals surface area (Å²) in [5.74, 6) is 0.844.